The van der Waals surface area contributed by atoms with Crippen molar-refractivity contribution in [3.63, 3.8) is 0 Å². The van der Waals surface area contributed by atoms with Crippen molar-refractivity contribution in [2.45, 2.75) is 214 Å². The van der Waals surface area contributed by atoms with Crippen LogP contribution in [0.1, 0.15) is 214 Å². The van der Waals surface area contributed by atoms with Crippen molar-refractivity contribution in [1.29, 1.82) is 0 Å². The molecule has 0 radical (unpaired) electrons. The summed E-state index contributed by atoms with van der Waals surface area (Å²) in [5.74, 6) is 0. The van der Waals surface area contributed by atoms with Gasteiger partial charge in [0.05, 0.1) is 0 Å². The van der Waals surface area contributed by atoms with Crippen LogP contribution in [0, 0.1) is 0 Å². The van der Waals surface area contributed by atoms with Crippen LogP contribution in [0.15, 0.2) is 0 Å². The third-order valence-corrected chi connectivity index (χ3v) is 9.26. The van der Waals surface area contributed by atoms with E-state index in [1.54, 1.807) is 0 Å². The number of unbranched alkanes of at least 4 members (excludes halogenated alkanes) is 24. The molecule has 0 aliphatic carbocycles. The lowest BCUT2D eigenvalue weighted by Crippen LogP contribution is -2.27. The van der Waals surface area contributed by atoms with Gasteiger partial charge >= 0.3 is 0 Å². The van der Waals surface area contributed by atoms with Crippen LogP contribution in [-0.2, 0) is 0 Å². The van der Waals surface area contributed by atoms with Crippen LogP contribution < -0.4 is 0 Å². The molecule has 0 fully saturated rings. The first-order valence-corrected chi connectivity index (χ1v) is 19.7. The van der Waals surface area contributed by atoms with Gasteiger partial charge in [0.1, 0.15) is 0 Å². The molecule has 0 aromatic rings. The average Bonchev–Trinajstić information content (AvgIpc) is 2.98. The fraction of sp³-hybridized carbons (Fsp3) is 1.00. The standard InChI is InChI=1S/C39H82N2/c1-5-9-13-17-22-28-34-40(35-29-23-18-14-10-6-2)38-32-26-21-27-33-39-41(36-30-24-19-15-11-7-3)37-31-25-20-16-12-8-4/h5-39H2,1-4H3. The van der Waals surface area contributed by atoms with Gasteiger partial charge in [0.15, 0.2) is 0 Å². The van der Waals surface area contributed by atoms with E-state index in [-0.39, 0.29) is 0 Å². The van der Waals surface area contributed by atoms with Crippen LogP contribution in [0.4, 0.5) is 0 Å². The molecule has 0 aliphatic rings. The Morgan fingerprint density at radius 3 is 0.512 bits per heavy atom. The molecule has 0 atom stereocenters. The molecule has 248 valence electrons. The van der Waals surface area contributed by atoms with Crippen LogP contribution in [0.2, 0.25) is 0 Å². The van der Waals surface area contributed by atoms with Gasteiger partial charge in [-0.05, 0) is 77.8 Å². The molecule has 0 aromatic heterocycles. The maximum Gasteiger partial charge on any atom is -0.00187 e. The van der Waals surface area contributed by atoms with E-state index in [0.717, 1.165) is 0 Å². The summed E-state index contributed by atoms with van der Waals surface area (Å²) in [6, 6.07) is 0. The average molecular weight is 579 g/mol. The molecule has 0 aromatic carbocycles. The minimum absolute atomic E-state index is 1.35. The lowest BCUT2D eigenvalue weighted by Gasteiger charge is -2.23. The highest BCUT2D eigenvalue weighted by atomic mass is 15.1. The summed E-state index contributed by atoms with van der Waals surface area (Å²) in [5.41, 5.74) is 0. The van der Waals surface area contributed by atoms with Gasteiger partial charge in [-0.15, -0.1) is 0 Å². The van der Waals surface area contributed by atoms with Crippen LogP contribution in [-0.4, -0.2) is 49.1 Å². The minimum atomic E-state index is 1.35. The fourth-order valence-corrected chi connectivity index (χ4v) is 6.33. The second-order valence-corrected chi connectivity index (χ2v) is 13.5. The fourth-order valence-electron chi connectivity index (χ4n) is 6.33. The van der Waals surface area contributed by atoms with Crippen molar-refractivity contribution in [2.24, 2.45) is 0 Å². The van der Waals surface area contributed by atoms with Crippen LogP contribution >= 0.6 is 0 Å². The first-order valence-electron chi connectivity index (χ1n) is 19.7. The van der Waals surface area contributed by atoms with E-state index in [2.05, 4.69) is 37.5 Å². The smallest absolute Gasteiger partial charge is 0.00187 e. The van der Waals surface area contributed by atoms with Gasteiger partial charge < -0.3 is 9.80 Å². The molecule has 0 spiro atoms. The van der Waals surface area contributed by atoms with Gasteiger partial charge in [0.25, 0.3) is 0 Å². The van der Waals surface area contributed by atoms with Gasteiger partial charge in [0, 0.05) is 0 Å². The van der Waals surface area contributed by atoms with E-state index in [1.807, 2.05) is 0 Å². The second-order valence-electron chi connectivity index (χ2n) is 13.5. The second kappa shape index (κ2) is 36.1. The summed E-state index contributed by atoms with van der Waals surface area (Å²) in [6.45, 7) is 17.4. The Kier molecular flexibility index (Phi) is 36.0. The topological polar surface area (TPSA) is 6.48 Å². The first-order chi connectivity index (χ1) is 20.3. The van der Waals surface area contributed by atoms with Gasteiger partial charge in [0.2, 0.25) is 0 Å². The zero-order valence-electron chi connectivity index (χ0n) is 29.6. The van der Waals surface area contributed by atoms with E-state index >= 15 is 0 Å². The highest BCUT2D eigenvalue weighted by Crippen LogP contribution is 2.13. The Morgan fingerprint density at radius 1 is 0.195 bits per heavy atom. The van der Waals surface area contributed by atoms with E-state index < -0.39 is 0 Å². The normalized spacial score (nSPS) is 11.9. The number of rotatable bonds is 36. The Labute approximate surface area is 262 Å². The molecule has 0 bridgehead atoms. The third kappa shape index (κ3) is 32.7. The highest BCUT2D eigenvalue weighted by molar-refractivity contribution is 4.63. The van der Waals surface area contributed by atoms with E-state index in [1.165, 1.54) is 225 Å². The molecule has 0 amide bonds. The molecule has 0 rings (SSSR count). The molecule has 2 nitrogen and oxygen atoms in total. The molecule has 0 heterocycles. The number of hydrogen-bond donors (Lipinski definition) is 0. The summed E-state index contributed by atoms with van der Waals surface area (Å²) in [6.07, 6.45) is 41.4. The monoisotopic (exact) mass is 579 g/mol. The lowest BCUT2D eigenvalue weighted by molar-refractivity contribution is 0.248. The van der Waals surface area contributed by atoms with Crippen LogP contribution in [0.3, 0.4) is 0 Å². The van der Waals surface area contributed by atoms with Crippen molar-refractivity contribution in [1.82, 2.24) is 9.80 Å². The van der Waals surface area contributed by atoms with E-state index in [4.69, 9.17) is 0 Å². The van der Waals surface area contributed by atoms with Crippen molar-refractivity contribution < 1.29 is 0 Å². The molecule has 0 saturated heterocycles. The van der Waals surface area contributed by atoms with Crippen molar-refractivity contribution in [2.75, 3.05) is 39.3 Å². The predicted octanol–water partition coefficient (Wildman–Crippen LogP) is 13.0. The Balaban J connectivity index is 4.18. The zero-order chi connectivity index (χ0) is 29.9. The maximum atomic E-state index is 2.84. The Hall–Kier alpha value is -0.0800. The van der Waals surface area contributed by atoms with Gasteiger partial charge in [-0.3, -0.25) is 0 Å². The largest absolute Gasteiger partial charge is 0.303 e. The summed E-state index contributed by atoms with van der Waals surface area (Å²) in [5, 5.41) is 0. The quantitative estimate of drug-likeness (QED) is 0.0682. The molecular weight excluding hydrogens is 496 g/mol. The summed E-state index contributed by atoms with van der Waals surface area (Å²) >= 11 is 0. The minimum Gasteiger partial charge on any atom is -0.303 e. The van der Waals surface area contributed by atoms with Crippen molar-refractivity contribution >= 4 is 0 Å². The maximum absolute atomic E-state index is 2.84. The Bertz CT molecular complexity index is 379. The van der Waals surface area contributed by atoms with Crippen LogP contribution in [0.25, 0.3) is 0 Å². The summed E-state index contributed by atoms with van der Waals surface area (Å²) < 4.78 is 0. The first kappa shape index (κ1) is 40.9. The SMILES string of the molecule is CCCCCCCCN(CCCCCCCC)CCCCCCCN(CCCCCCCC)CCCCCCCC. The van der Waals surface area contributed by atoms with E-state index in [0.29, 0.717) is 0 Å². The lowest BCUT2D eigenvalue weighted by atomic mass is 10.1. The van der Waals surface area contributed by atoms with Crippen LogP contribution in [0.5, 0.6) is 0 Å². The molecule has 41 heavy (non-hydrogen) atoms. The van der Waals surface area contributed by atoms with Gasteiger partial charge in [-0.25, -0.2) is 0 Å². The number of nitrogens with zero attached hydrogens (tertiary/aromatic N) is 2. The third-order valence-electron chi connectivity index (χ3n) is 9.26. The molecule has 0 saturated carbocycles. The predicted molar refractivity (Wildman–Crippen MR) is 189 cm³/mol. The van der Waals surface area contributed by atoms with Gasteiger partial charge in [-0.2, -0.15) is 0 Å². The number of hydrogen-bond acceptors (Lipinski definition) is 2. The van der Waals surface area contributed by atoms with Crippen molar-refractivity contribution in [3.8, 4) is 0 Å². The molecule has 0 unspecified atom stereocenters. The highest BCUT2D eigenvalue weighted by Gasteiger charge is 2.07. The molecule has 0 N–H and O–H groups in total. The molecule has 2 heteroatoms. The van der Waals surface area contributed by atoms with E-state index in [9.17, 15) is 0 Å². The summed E-state index contributed by atoms with van der Waals surface area (Å²) in [4.78, 5) is 5.67. The molecular formula is C39H82N2. The summed E-state index contributed by atoms with van der Waals surface area (Å²) in [7, 11) is 0. The van der Waals surface area contributed by atoms with Gasteiger partial charge in [-0.1, -0.05) is 175 Å². The van der Waals surface area contributed by atoms with Crippen molar-refractivity contribution in [3.05, 3.63) is 0 Å². The zero-order valence-corrected chi connectivity index (χ0v) is 29.6. The molecule has 0 aliphatic heterocycles. The Morgan fingerprint density at radius 2 is 0.341 bits per heavy atom.